The zero-order chi connectivity index (χ0) is 13.4. The van der Waals surface area contributed by atoms with Crippen LogP contribution in [-0.2, 0) is 12.8 Å². The third-order valence-corrected chi connectivity index (χ3v) is 4.45. The molecule has 0 radical (unpaired) electrons. The van der Waals surface area contributed by atoms with Crippen LogP contribution < -0.4 is 5.73 Å². The van der Waals surface area contributed by atoms with E-state index in [1.807, 2.05) is 6.07 Å². The third kappa shape index (κ3) is 2.41. The second-order valence-electron chi connectivity index (χ2n) is 5.49. The van der Waals surface area contributed by atoms with Crippen LogP contribution in [-0.4, -0.2) is 0 Å². The molecule has 2 heteroatoms. The Hall–Kier alpha value is -1.31. The molecular formula is C17H18ClN. The van der Waals surface area contributed by atoms with Crippen molar-refractivity contribution in [3.8, 4) is 0 Å². The minimum Gasteiger partial charge on any atom is -0.324 e. The highest BCUT2D eigenvalue weighted by Gasteiger charge is 2.29. The average Bonchev–Trinajstić information content (AvgIpc) is 2.70. The lowest BCUT2D eigenvalue weighted by Gasteiger charge is -2.17. The molecule has 0 heterocycles. The van der Waals surface area contributed by atoms with Gasteiger partial charge in [-0.15, -0.1) is 0 Å². The molecule has 2 unspecified atom stereocenters. The van der Waals surface area contributed by atoms with Crippen molar-refractivity contribution in [3.63, 3.8) is 0 Å². The van der Waals surface area contributed by atoms with Gasteiger partial charge in [0.1, 0.15) is 0 Å². The molecule has 19 heavy (non-hydrogen) atoms. The number of nitrogens with two attached hydrogens (primary N) is 1. The first kappa shape index (κ1) is 12.7. The zero-order valence-electron chi connectivity index (χ0n) is 11.1. The predicted octanol–water partition coefficient (Wildman–Crippen LogP) is 4.06. The third-order valence-electron chi connectivity index (χ3n) is 4.09. The first-order chi connectivity index (χ1) is 9.15. The molecular weight excluding hydrogens is 254 g/mol. The van der Waals surface area contributed by atoms with Gasteiger partial charge in [-0.1, -0.05) is 48.0 Å². The summed E-state index contributed by atoms with van der Waals surface area (Å²) in [4.78, 5) is 0. The summed E-state index contributed by atoms with van der Waals surface area (Å²) in [5, 5.41) is 0.864. The van der Waals surface area contributed by atoms with Crippen molar-refractivity contribution in [1.29, 1.82) is 0 Å². The number of fused-ring (bicyclic) bond motifs is 1. The summed E-state index contributed by atoms with van der Waals surface area (Å²) in [7, 11) is 0. The van der Waals surface area contributed by atoms with E-state index in [4.69, 9.17) is 17.3 Å². The van der Waals surface area contributed by atoms with E-state index in [1.165, 1.54) is 22.3 Å². The fraction of sp³-hybridized carbons (Fsp3) is 0.294. The fourth-order valence-electron chi connectivity index (χ4n) is 3.01. The van der Waals surface area contributed by atoms with Crippen molar-refractivity contribution in [2.45, 2.75) is 25.8 Å². The van der Waals surface area contributed by atoms with Crippen molar-refractivity contribution < 1.29 is 0 Å². The molecule has 3 rings (SSSR count). The molecule has 1 aliphatic carbocycles. The SMILES string of the molecule is Cc1ccc(CC2Cc3ccccc3C2N)c(Cl)c1. The molecule has 0 saturated heterocycles. The summed E-state index contributed by atoms with van der Waals surface area (Å²) in [5.74, 6) is 0.456. The van der Waals surface area contributed by atoms with Gasteiger partial charge in [-0.2, -0.15) is 0 Å². The number of hydrogen-bond acceptors (Lipinski definition) is 1. The van der Waals surface area contributed by atoms with Gasteiger partial charge in [0.05, 0.1) is 0 Å². The van der Waals surface area contributed by atoms with Crippen LogP contribution in [0.5, 0.6) is 0 Å². The topological polar surface area (TPSA) is 26.0 Å². The molecule has 0 aromatic heterocycles. The Bertz CT molecular complexity index is 606. The number of hydrogen-bond donors (Lipinski definition) is 1. The van der Waals surface area contributed by atoms with Gasteiger partial charge in [0.2, 0.25) is 0 Å². The maximum atomic E-state index is 6.38. The maximum Gasteiger partial charge on any atom is 0.0440 e. The molecule has 0 bridgehead atoms. The second kappa shape index (κ2) is 4.99. The maximum absolute atomic E-state index is 6.38. The molecule has 0 aliphatic heterocycles. The quantitative estimate of drug-likeness (QED) is 0.876. The largest absolute Gasteiger partial charge is 0.324 e. The van der Waals surface area contributed by atoms with E-state index in [0.29, 0.717) is 5.92 Å². The lowest BCUT2D eigenvalue weighted by atomic mass is 9.93. The highest BCUT2D eigenvalue weighted by atomic mass is 35.5. The smallest absolute Gasteiger partial charge is 0.0440 e. The summed E-state index contributed by atoms with van der Waals surface area (Å²) in [6.45, 7) is 2.06. The minimum absolute atomic E-state index is 0.133. The van der Waals surface area contributed by atoms with Gasteiger partial charge in [0.15, 0.2) is 0 Å². The number of rotatable bonds is 2. The standard InChI is InChI=1S/C17H18ClN/c1-11-6-7-13(16(18)8-11)10-14-9-12-4-2-3-5-15(12)17(14)19/h2-8,14,17H,9-10,19H2,1H3. The molecule has 0 saturated carbocycles. The summed E-state index contributed by atoms with van der Waals surface area (Å²) < 4.78 is 0. The summed E-state index contributed by atoms with van der Waals surface area (Å²) in [6, 6.07) is 14.9. The van der Waals surface area contributed by atoms with Crippen molar-refractivity contribution in [1.82, 2.24) is 0 Å². The van der Waals surface area contributed by atoms with Crippen LogP contribution in [0.1, 0.15) is 28.3 Å². The lowest BCUT2D eigenvalue weighted by Crippen LogP contribution is -2.19. The first-order valence-electron chi connectivity index (χ1n) is 6.73. The van der Waals surface area contributed by atoms with E-state index >= 15 is 0 Å². The van der Waals surface area contributed by atoms with Gasteiger partial charge >= 0.3 is 0 Å². The van der Waals surface area contributed by atoms with Crippen molar-refractivity contribution in [2.24, 2.45) is 11.7 Å². The van der Waals surface area contributed by atoms with Gasteiger partial charge < -0.3 is 5.73 Å². The van der Waals surface area contributed by atoms with Gasteiger partial charge in [-0.25, -0.2) is 0 Å². The Balaban J connectivity index is 1.83. The first-order valence-corrected chi connectivity index (χ1v) is 7.11. The van der Waals surface area contributed by atoms with Crippen LogP contribution >= 0.6 is 11.6 Å². The monoisotopic (exact) mass is 271 g/mol. The van der Waals surface area contributed by atoms with E-state index in [2.05, 4.69) is 43.3 Å². The van der Waals surface area contributed by atoms with E-state index in [9.17, 15) is 0 Å². The van der Waals surface area contributed by atoms with Crippen LogP contribution in [0.25, 0.3) is 0 Å². The molecule has 2 aromatic carbocycles. The molecule has 1 aliphatic rings. The van der Waals surface area contributed by atoms with Gasteiger partial charge in [-0.05, 0) is 54.0 Å². The second-order valence-corrected chi connectivity index (χ2v) is 5.89. The predicted molar refractivity (Wildman–Crippen MR) is 80.5 cm³/mol. The Morgan fingerprint density at radius 1 is 1.21 bits per heavy atom. The Kier molecular flexibility index (Phi) is 3.34. The van der Waals surface area contributed by atoms with Gasteiger partial charge in [0.25, 0.3) is 0 Å². The molecule has 2 aromatic rings. The number of benzene rings is 2. The Labute approximate surface area is 119 Å². The van der Waals surface area contributed by atoms with E-state index in [-0.39, 0.29) is 6.04 Å². The Morgan fingerprint density at radius 2 is 2.00 bits per heavy atom. The number of aryl methyl sites for hydroxylation is 1. The molecule has 0 fully saturated rings. The van der Waals surface area contributed by atoms with E-state index in [0.717, 1.165) is 17.9 Å². The van der Waals surface area contributed by atoms with Gasteiger partial charge in [0, 0.05) is 11.1 Å². The molecule has 98 valence electrons. The summed E-state index contributed by atoms with van der Waals surface area (Å²) in [6.07, 6.45) is 2.01. The van der Waals surface area contributed by atoms with E-state index < -0.39 is 0 Å². The minimum atomic E-state index is 0.133. The highest BCUT2D eigenvalue weighted by Crippen LogP contribution is 2.37. The van der Waals surface area contributed by atoms with Crippen LogP contribution in [0.4, 0.5) is 0 Å². The molecule has 0 spiro atoms. The van der Waals surface area contributed by atoms with E-state index in [1.54, 1.807) is 0 Å². The Morgan fingerprint density at radius 3 is 2.74 bits per heavy atom. The average molecular weight is 272 g/mol. The molecule has 1 nitrogen and oxygen atoms in total. The number of halogens is 1. The van der Waals surface area contributed by atoms with Crippen molar-refractivity contribution >= 4 is 11.6 Å². The van der Waals surface area contributed by atoms with Crippen LogP contribution in [0.15, 0.2) is 42.5 Å². The summed E-state index contributed by atoms with van der Waals surface area (Å²) >= 11 is 6.33. The molecule has 2 atom stereocenters. The van der Waals surface area contributed by atoms with Crippen molar-refractivity contribution in [2.75, 3.05) is 0 Å². The van der Waals surface area contributed by atoms with Crippen LogP contribution in [0.2, 0.25) is 5.02 Å². The normalized spacial score (nSPS) is 21.4. The molecule has 2 N–H and O–H groups in total. The van der Waals surface area contributed by atoms with Crippen molar-refractivity contribution in [3.05, 3.63) is 69.7 Å². The highest BCUT2D eigenvalue weighted by molar-refractivity contribution is 6.31. The van der Waals surface area contributed by atoms with Crippen LogP contribution in [0, 0.1) is 12.8 Å². The fourth-order valence-corrected chi connectivity index (χ4v) is 3.32. The zero-order valence-corrected chi connectivity index (χ0v) is 11.8. The summed E-state index contributed by atoms with van der Waals surface area (Å²) in [5.41, 5.74) is 11.5. The van der Waals surface area contributed by atoms with Crippen LogP contribution in [0.3, 0.4) is 0 Å². The lowest BCUT2D eigenvalue weighted by molar-refractivity contribution is 0.465. The van der Waals surface area contributed by atoms with Gasteiger partial charge in [-0.3, -0.25) is 0 Å². The molecule has 0 amide bonds.